The molecule has 2 aromatic carbocycles. The molecule has 3 nitrogen and oxygen atoms in total. The molecule has 0 saturated carbocycles. The highest BCUT2D eigenvalue weighted by atomic mass is 79.9. The Morgan fingerprint density at radius 3 is 2.71 bits per heavy atom. The van der Waals surface area contributed by atoms with E-state index in [1.807, 2.05) is 25.1 Å². The second kappa shape index (κ2) is 9.09. The van der Waals surface area contributed by atoms with Crippen LogP contribution in [0.2, 0.25) is 5.02 Å². The minimum atomic E-state index is -0.0237. The highest BCUT2D eigenvalue weighted by Gasteiger charge is 2.06. The van der Waals surface area contributed by atoms with Gasteiger partial charge in [-0.15, -0.1) is 0 Å². The fraction of sp³-hybridized carbons (Fsp3) is 0.316. The van der Waals surface area contributed by atoms with Gasteiger partial charge in [-0.1, -0.05) is 24.6 Å². The molecule has 0 spiro atoms. The first-order valence-corrected chi connectivity index (χ1v) is 9.14. The predicted molar refractivity (Wildman–Crippen MR) is 103 cm³/mol. The van der Waals surface area contributed by atoms with E-state index in [0.29, 0.717) is 24.5 Å². The van der Waals surface area contributed by atoms with Crippen LogP contribution in [0.25, 0.3) is 0 Å². The number of aryl methyl sites for hydroxylation is 2. The van der Waals surface area contributed by atoms with Gasteiger partial charge < -0.3 is 10.1 Å². The van der Waals surface area contributed by atoms with Gasteiger partial charge in [0.1, 0.15) is 5.75 Å². The Morgan fingerprint density at radius 2 is 2.04 bits per heavy atom. The molecule has 0 aliphatic carbocycles. The van der Waals surface area contributed by atoms with Crippen LogP contribution in [0.1, 0.15) is 30.9 Å². The number of amides is 1. The molecule has 0 atom stereocenters. The first-order chi connectivity index (χ1) is 11.5. The molecule has 0 saturated heterocycles. The molecule has 24 heavy (non-hydrogen) atoms. The Bertz CT molecular complexity index is 719. The third-order valence-electron chi connectivity index (χ3n) is 3.67. The molecule has 0 radical (unpaired) electrons. The molecule has 5 heteroatoms. The maximum Gasteiger partial charge on any atom is 0.224 e. The number of rotatable bonds is 7. The summed E-state index contributed by atoms with van der Waals surface area (Å²) in [6.07, 6.45) is 2.05. The van der Waals surface area contributed by atoms with E-state index in [1.165, 1.54) is 5.56 Å². The third kappa shape index (κ3) is 5.53. The lowest BCUT2D eigenvalue weighted by atomic mass is 10.2. The van der Waals surface area contributed by atoms with E-state index in [1.54, 1.807) is 6.07 Å². The van der Waals surface area contributed by atoms with Crippen molar-refractivity contribution < 1.29 is 9.53 Å². The van der Waals surface area contributed by atoms with Crippen molar-refractivity contribution >= 4 is 39.1 Å². The van der Waals surface area contributed by atoms with Crippen LogP contribution in [0.15, 0.2) is 40.9 Å². The van der Waals surface area contributed by atoms with Crippen LogP contribution in [0.4, 0.5) is 5.69 Å². The zero-order valence-electron chi connectivity index (χ0n) is 13.9. The molecule has 1 amide bonds. The van der Waals surface area contributed by atoms with Gasteiger partial charge in [-0.25, -0.2) is 0 Å². The molecular weight excluding hydrogens is 390 g/mol. The van der Waals surface area contributed by atoms with E-state index in [2.05, 4.69) is 40.3 Å². The van der Waals surface area contributed by atoms with Crippen molar-refractivity contribution in [1.29, 1.82) is 0 Å². The van der Waals surface area contributed by atoms with Crippen LogP contribution in [0.5, 0.6) is 5.75 Å². The molecule has 128 valence electrons. The quantitative estimate of drug-likeness (QED) is 0.588. The minimum absolute atomic E-state index is 0.0237. The van der Waals surface area contributed by atoms with Gasteiger partial charge in [0.2, 0.25) is 5.91 Å². The lowest BCUT2D eigenvalue weighted by Gasteiger charge is -2.10. The highest BCUT2D eigenvalue weighted by molar-refractivity contribution is 9.10. The van der Waals surface area contributed by atoms with E-state index >= 15 is 0 Å². The number of hydrogen-bond donors (Lipinski definition) is 1. The first-order valence-electron chi connectivity index (χ1n) is 7.97. The number of nitrogens with one attached hydrogen (secondary N) is 1. The number of halogens is 2. The number of anilines is 1. The van der Waals surface area contributed by atoms with Crippen LogP contribution >= 0.6 is 27.5 Å². The summed E-state index contributed by atoms with van der Waals surface area (Å²) < 4.78 is 6.68. The zero-order valence-corrected chi connectivity index (χ0v) is 16.2. The van der Waals surface area contributed by atoms with Gasteiger partial charge in [0.15, 0.2) is 0 Å². The molecule has 0 bridgehead atoms. The molecule has 0 fully saturated rings. The summed E-state index contributed by atoms with van der Waals surface area (Å²) in [6, 6.07) is 11.5. The normalized spacial score (nSPS) is 10.5. The van der Waals surface area contributed by atoms with E-state index in [0.717, 1.165) is 27.9 Å². The molecule has 2 rings (SSSR count). The maximum absolute atomic E-state index is 12.0. The Balaban J connectivity index is 1.76. The van der Waals surface area contributed by atoms with Gasteiger partial charge >= 0.3 is 0 Å². The number of carbonyl (C=O) groups is 1. The summed E-state index contributed by atoms with van der Waals surface area (Å²) >= 11 is 9.42. The second-order valence-corrected chi connectivity index (χ2v) is 6.87. The van der Waals surface area contributed by atoms with Crippen molar-refractivity contribution in [3.05, 3.63) is 57.0 Å². The average molecular weight is 411 g/mol. The van der Waals surface area contributed by atoms with Crippen LogP contribution in [0, 0.1) is 6.92 Å². The number of ether oxygens (including phenoxy) is 1. The molecule has 0 heterocycles. The van der Waals surface area contributed by atoms with Gasteiger partial charge in [0.25, 0.3) is 0 Å². The zero-order chi connectivity index (χ0) is 17.5. The second-order valence-electron chi connectivity index (χ2n) is 5.58. The molecule has 0 unspecified atom stereocenters. The molecule has 0 aliphatic heterocycles. The SMILES string of the molecule is CCc1ccc(OCCCC(=O)Nc2ccc(Cl)cc2C)c(Br)c1. The topological polar surface area (TPSA) is 38.3 Å². The summed E-state index contributed by atoms with van der Waals surface area (Å²) in [5.74, 6) is 0.783. The van der Waals surface area contributed by atoms with Gasteiger partial charge in [0.05, 0.1) is 11.1 Å². The van der Waals surface area contributed by atoms with Gasteiger partial charge in [-0.3, -0.25) is 4.79 Å². The molecule has 2 aromatic rings. The fourth-order valence-electron chi connectivity index (χ4n) is 2.28. The van der Waals surface area contributed by atoms with Crippen LogP contribution in [-0.2, 0) is 11.2 Å². The number of hydrogen-bond acceptors (Lipinski definition) is 2. The number of benzene rings is 2. The van der Waals surface area contributed by atoms with Crippen molar-refractivity contribution in [1.82, 2.24) is 0 Å². The monoisotopic (exact) mass is 409 g/mol. The highest BCUT2D eigenvalue weighted by Crippen LogP contribution is 2.26. The van der Waals surface area contributed by atoms with E-state index in [4.69, 9.17) is 16.3 Å². The summed E-state index contributed by atoms with van der Waals surface area (Å²) in [6.45, 7) is 4.53. The Kier molecular flexibility index (Phi) is 7.13. The lowest BCUT2D eigenvalue weighted by Crippen LogP contribution is -2.13. The van der Waals surface area contributed by atoms with Crippen molar-refractivity contribution in [3.8, 4) is 5.75 Å². The standard InChI is InChI=1S/C19H21BrClNO2/c1-3-14-6-9-18(16(20)12-14)24-10-4-5-19(23)22-17-8-7-15(21)11-13(17)2/h6-9,11-12H,3-5,10H2,1-2H3,(H,22,23). The maximum atomic E-state index is 12.0. The Hall–Kier alpha value is -1.52. The van der Waals surface area contributed by atoms with Gasteiger partial charge in [-0.2, -0.15) is 0 Å². The van der Waals surface area contributed by atoms with Crippen molar-refractivity contribution in [2.24, 2.45) is 0 Å². The third-order valence-corrected chi connectivity index (χ3v) is 4.53. The Morgan fingerprint density at radius 1 is 1.25 bits per heavy atom. The summed E-state index contributed by atoms with van der Waals surface area (Å²) in [5.41, 5.74) is 3.00. The molecular formula is C19H21BrClNO2. The van der Waals surface area contributed by atoms with Crippen molar-refractivity contribution in [3.63, 3.8) is 0 Å². The minimum Gasteiger partial charge on any atom is -0.492 e. The van der Waals surface area contributed by atoms with E-state index in [9.17, 15) is 4.79 Å². The summed E-state index contributed by atoms with van der Waals surface area (Å²) in [5, 5.41) is 3.57. The molecule has 1 N–H and O–H groups in total. The smallest absolute Gasteiger partial charge is 0.224 e. The number of carbonyl (C=O) groups excluding carboxylic acids is 1. The average Bonchev–Trinajstić information content (AvgIpc) is 2.55. The first kappa shape index (κ1) is 18.8. The van der Waals surface area contributed by atoms with Crippen molar-refractivity contribution in [2.45, 2.75) is 33.1 Å². The predicted octanol–water partition coefficient (Wildman–Crippen LogP) is 5.77. The van der Waals surface area contributed by atoms with Crippen LogP contribution < -0.4 is 10.1 Å². The van der Waals surface area contributed by atoms with E-state index < -0.39 is 0 Å². The van der Waals surface area contributed by atoms with E-state index in [-0.39, 0.29) is 5.91 Å². The summed E-state index contributed by atoms with van der Waals surface area (Å²) in [4.78, 5) is 12.0. The lowest BCUT2D eigenvalue weighted by molar-refractivity contribution is -0.116. The Labute approximate surface area is 156 Å². The van der Waals surface area contributed by atoms with Crippen LogP contribution in [-0.4, -0.2) is 12.5 Å². The molecule has 0 aromatic heterocycles. The fourth-order valence-corrected chi connectivity index (χ4v) is 3.04. The van der Waals surface area contributed by atoms with Crippen molar-refractivity contribution in [2.75, 3.05) is 11.9 Å². The molecule has 0 aliphatic rings. The van der Waals surface area contributed by atoms with Gasteiger partial charge in [-0.05, 0) is 77.2 Å². The van der Waals surface area contributed by atoms with Gasteiger partial charge in [0, 0.05) is 17.1 Å². The summed E-state index contributed by atoms with van der Waals surface area (Å²) in [7, 11) is 0. The largest absolute Gasteiger partial charge is 0.492 e. The van der Waals surface area contributed by atoms with Crippen LogP contribution in [0.3, 0.4) is 0 Å².